The summed E-state index contributed by atoms with van der Waals surface area (Å²) in [6.07, 6.45) is 8.41. The average molecular weight is 412 g/mol. The van der Waals surface area contributed by atoms with Crippen LogP contribution >= 0.6 is 0 Å². The van der Waals surface area contributed by atoms with Crippen LogP contribution in [0, 0.1) is 5.82 Å². The number of aliphatic imine (C=N–C) groups is 1. The maximum atomic E-state index is 14.1. The van der Waals surface area contributed by atoms with Crippen LogP contribution in [-0.4, -0.2) is 32.6 Å². The summed E-state index contributed by atoms with van der Waals surface area (Å²) in [6.45, 7) is 6.17. The highest BCUT2D eigenvalue weighted by atomic mass is 19.1. The number of hydrogen-bond donors (Lipinski definition) is 3. The Kier molecular flexibility index (Phi) is 6.18. The van der Waals surface area contributed by atoms with Crippen molar-refractivity contribution in [2.45, 2.75) is 70.1 Å². The highest BCUT2D eigenvalue weighted by molar-refractivity contribution is 5.83. The minimum Gasteiger partial charge on any atom is -0.393 e. The lowest BCUT2D eigenvalue weighted by atomic mass is 9.93. The molecule has 0 aliphatic heterocycles. The third-order valence-electron chi connectivity index (χ3n) is 6.06. The van der Waals surface area contributed by atoms with Gasteiger partial charge in [-0.05, 0) is 64.0 Å². The zero-order chi connectivity index (χ0) is 21.1. The number of hydrogen-bond acceptors (Lipinski definition) is 4. The number of para-hydroxylation sites is 1. The zero-order valence-electron chi connectivity index (χ0n) is 17.4. The molecule has 1 aromatic carbocycles. The van der Waals surface area contributed by atoms with Gasteiger partial charge in [0, 0.05) is 12.2 Å². The van der Waals surface area contributed by atoms with Crippen molar-refractivity contribution in [2.24, 2.45) is 4.99 Å². The Morgan fingerprint density at radius 2 is 1.97 bits per heavy atom. The summed E-state index contributed by atoms with van der Waals surface area (Å²) in [7, 11) is 0. The molecule has 4 rings (SSSR count). The summed E-state index contributed by atoms with van der Waals surface area (Å²) in [5, 5.41) is 17.5. The van der Waals surface area contributed by atoms with E-state index in [1.54, 1.807) is 18.2 Å². The van der Waals surface area contributed by atoms with Crippen molar-refractivity contribution in [3.63, 3.8) is 0 Å². The Morgan fingerprint density at radius 1 is 1.23 bits per heavy atom. The highest BCUT2D eigenvalue weighted by Crippen LogP contribution is 2.32. The van der Waals surface area contributed by atoms with Gasteiger partial charge in [0.2, 0.25) is 5.95 Å². The van der Waals surface area contributed by atoms with Crippen molar-refractivity contribution < 1.29 is 9.50 Å². The van der Waals surface area contributed by atoms with Crippen molar-refractivity contribution >= 4 is 30.3 Å². The summed E-state index contributed by atoms with van der Waals surface area (Å²) in [5.41, 5.74) is 0.403. The first-order valence-corrected chi connectivity index (χ1v) is 10.8. The van der Waals surface area contributed by atoms with E-state index >= 15 is 0 Å². The van der Waals surface area contributed by atoms with E-state index < -0.39 is 0 Å². The van der Waals surface area contributed by atoms with E-state index in [0.29, 0.717) is 23.0 Å². The maximum absolute atomic E-state index is 14.1. The molecule has 1 aromatic heterocycles. The smallest absolute Gasteiger partial charge is 0.208 e. The van der Waals surface area contributed by atoms with Gasteiger partial charge >= 0.3 is 0 Å². The van der Waals surface area contributed by atoms with Crippen LogP contribution in [0.25, 0.3) is 12.8 Å². The second-order valence-electron chi connectivity index (χ2n) is 8.29. The minimum absolute atomic E-state index is 0.180. The normalized spacial score (nSPS) is 23.3. The minimum atomic E-state index is -0.310. The van der Waals surface area contributed by atoms with Gasteiger partial charge in [-0.15, -0.1) is 0 Å². The number of amidine groups is 1. The Balaban J connectivity index is 1.56. The van der Waals surface area contributed by atoms with Crippen molar-refractivity contribution in [1.29, 1.82) is 0 Å². The molecule has 0 atom stereocenters. The van der Waals surface area contributed by atoms with Gasteiger partial charge in [-0.3, -0.25) is 4.99 Å². The molecule has 6 nitrogen and oxygen atoms in total. The van der Waals surface area contributed by atoms with Gasteiger partial charge in [-0.25, -0.2) is 9.37 Å². The van der Waals surface area contributed by atoms with Crippen LogP contribution < -0.4 is 21.3 Å². The van der Waals surface area contributed by atoms with E-state index in [1.165, 1.54) is 12.5 Å². The topological polar surface area (TPSA) is 74.5 Å². The maximum Gasteiger partial charge on any atom is 0.208 e. The fourth-order valence-corrected chi connectivity index (χ4v) is 4.08. The van der Waals surface area contributed by atoms with Gasteiger partial charge in [0.05, 0.1) is 29.0 Å². The Morgan fingerprint density at radius 3 is 2.63 bits per heavy atom. The molecule has 3 N–H and O–H groups in total. The first-order chi connectivity index (χ1) is 14.5. The van der Waals surface area contributed by atoms with E-state index in [0.717, 1.165) is 49.7 Å². The number of imidazole rings is 1. The number of nitrogens with zero attached hydrogens (tertiary/aromatic N) is 3. The quantitative estimate of drug-likeness (QED) is 0.522. The van der Waals surface area contributed by atoms with Crippen LogP contribution in [0.5, 0.6) is 0 Å². The summed E-state index contributed by atoms with van der Waals surface area (Å²) >= 11 is 0. The average Bonchev–Trinajstić information content (AvgIpc) is 2.98. The Labute approximate surface area is 176 Å². The summed E-state index contributed by atoms with van der Waals surface area (Å²) in [4.78, 5) is 9.42. The van der Waals surface area contributed by atoms with Crippen LogP contribution in [0.15, 0.2) is 29.3 Å². The van der Waals surface area contributed by atoms with E-state index in [1.807, 2.05) is 13.1 Å². The molecular formula is C23H30FN5O. The number of nitrogens with one attached hydrogen (secondary N) is 2. The standard InChI is InChI=1S/C23H30FN5O/c1-15-22(14-25-16(2)26-17-10-12-19(30)13-11-17)28-23(29(15)18-6-5-7-18)27-21-9-4-3-8-20(21)24/h3-4,8-9,14,17-19,30H,1,5-7,10-13H2,2H3,(H,25,26)(H,27,28)/b22-14+. The van der Waals surface area contributed by atoms with E-state index in [-0.39, 0.29) is 18.0 Å². The van der Waals surface area contributed by atoms with Crippen molar-refractivity contribution in [1.82, 2.24) is 14.9 Å². The fraction of sp³-hybridized carbons (Fsp3) is 0.478. The number of rotatable bonds is 5. The summed E-state index contributed by atoms with van der Waals surface area (Å²) in [5.74, 6) is 1.12. The number of anilines is 2. The monoisotopic (exact) mass is 411 g/mol. The molecule has 2 fully saturated rings. The molecule has 0 bridgehead atoms. The number of halogens is 1. The SMILES string of the molecule is C=c1/c(=C\NC(C)=NC2CCC(O)CC2)nc(Nc2ccccc2F)n1C1CCC1. The second kappa shape index (κ2) is 9.00. The predicted octanol–water partition coefficient (Wildman–Crippen LogP) is 2.95. The molecule has 160 valence electrons. The molecule has 0 saturated heterocycles. The van der Waals surface area contributed by atoms with Crippen LogP contribution in [0.2, 0.25) is 0 Å². The molecule has 2 saturated carbocycles. The Hall–Kier alpha value is -2.67. The largest absolute Gasteiger partial charge is 0.393 e. The second-order valence-corrected chi connectivity index (χ2v) is 8.29. The van der Waals surface area contributed by atoms with Gasteiger partial charge < -0.3 is 20.3 Å². The van der Waals surface area contributed by atoms with E-state index in [4.69, 9.17) is 9.98 Å². The molecule has 0 unspecified atom stereocenters. The van der Waals surface area contributed by atoms with E-state index in [2.05, 4.69) is 21.8 Å². The van der Waals surface area contributed by atoms with Crippen LogP contribution in [0.4, 0.5) is 16.0 Å². The molecule has 7 heteroatoms. The lowest BCUT2D eigenvalue weighted by molar-refractivity contribution is 0.123. The molecule has 2 aliphatic rings. The van der Waals surface area contributed by atoms with Crippen LogP contribution in [0.1, 0.15) is 57.9 Å². The molecule has 30 heavy (non-hydrogen) atoms. The van der Waals surface area contributed by atoms with Gasteiger partial charge in [-0.1, -0.05) is 18.7 Å². The molecule has 0 radical (unpaired) electrons. The molecule has 0 amide bonds. The van der Waals surface area contributed by atoms with Crippen molar-refractivity contribution in [3.05, 3.63) is 40.8 Å². The molecular weight excluding hydrogens is 381 g/mol. The van der Waals surface area contributed by atoms with Crippen LogP contribution in [0.3, 0.4) is 0 Å². The third-order valence-corrected chi connectivity index (χ3v) is 6.06. The van der Waals surface area contributed by atoms with Crippen LogP contribution in [-0.2, 0) is 0 Å². The first kappa shape index (κ1) is 20.6. The lowest BCUT2D eigenvalue weighted by Crippen LogP contribution is -2.35. The fourth-order valence-electron chi connectivity index (χ4n) is 4.08. The van der Waals surface area contributed by atoms with Gasteiger partial charge in [-0.2, -0.15) is 0 Å². The van der Waals surface area contributed by atoms with Crippen molar-refractivity contribution in [3.8, 4) is 0 Å². The molecule has 0 spiro atoms. The molecule has 2 aromatic rings. The van der Waals surface area contributed by atoms with Gasteiger partial charge in [0.25, 0.3) is 0 Å². The third kappa shape index (κ3) is 4.56. The Bertz CT molecular complexity index is 1020. The number of benzene rings is 1. The summed E-state index contributed by atoms with van der Waals surface area (Å²) < 4.78 is 16.2. The van der Waals surface area contributed by atoms with E-state index in [9.17, 15) is 9.50 Å². The van der Waals surface area contributed by atoms with Crippen molar-refractivity contribution in [2.75, 3.05) is 5.32 Å². The molecule has 2 aliphatic carbocycles. The molecule has 1 heterocycles. The number of aliphatic hydroxyl groups is 1. The van der Waals surface area contributed by atoms with Gasteiger partial charge in [0.15, 0.2) is 0 Å². The predicted molar refractivity (Wildman–Crippen MR) is 119 cm³/mol. The zero-order valence-corrected chi connectivity index (χ0v) is 17.4. The number of aliphatic hydroxyl groups excluding tert-OH is 1. The summed E-state index contributed by atoms with van der Waals surface area (Å²) in [6, 6.07) is 7.19. The first-order valence-electron chi connectivity index (χ1n) is 10.8. The van der Waals surface area contributed by atoms with Gasteiger partial charge in [0.1, 0.15) is 11.2 Å². The lowest BCUT2D eigenvalue weighted by Gasteiger charge is -2.28. The highest BCUT2D eigenvalue weighted by Gasteiger charge is 2.24. The number of aromatic nitrogens is 2.